The average Bonchev–Trinajstić information content (AvgIpc) is 2.36. The van der Waals surface area contributed by atoms with E-state index in [4.69, 9.17) is 0 Å². The number of rotatable bonds is 2. The van der Waals surface area contributed by atoms with E-state index in [-0.39, 0.29) is 6.42 Å². The monoisotopic (exact) mass is 283 g/mol. The highest BCUT2D eigenvalue weighted by Gasteiger charge is 2.30. The molecule has 2 rings (SSSR count). The molecule has 0 bridgehead atoms. The van der Waals surface area contributed by atoms with Gasteiger partial charge in [0.2, 0.25) is 0 Å². The minimum Gasteiger partial charge on any atom is -0.469 e. The average molecular weight is 283 g/mol. The van der Waals surface area contributed by atoms with Crippen molar-refractivity contribution in [2.75, 3.05) is 7.11 Å². The summed E-state index contributed by atoms with van der Waals surface area (Å²) in [6.45, 7) is 1.72. The standard InChI is InChI=1S/C14H12F3NO2/c1-8-5-9(6-13(19)20-2)11-7-10(14(15,16)17)3-4-12(11)18-8/h3-5,7H,6H2,1-2H3. The van der Waals surface area contributed by atoms with Crippen LogP contribution >= 0.6 is 0 Å². The molecule has 0 unspecified atom stereocenters. The summed E-state index contributed by atoms with van der Waals surface area (Å²) >= 11 is 0. The minimum absolute atomic E-state index is 0.0856. The summed E-state index contributed by atoms with van der Waals surface area (Å²) < 4.78 is 42.8. The summed E-state index contributed by atoms with van der Waals surface area (Å²) in [5.41, 5.74) is 0.778. The molecule has 0 fully saturated rings. The third-order valence-electron chi connectivity index (χ3n) is 2.91. The van der Waals surface area contributed by atoms with Crippen LogP contribution in [0.25, 0.3) is 10.9 Å². The van der Waals surface area contributed by atoms with E-state index in [1.807, 2.05) is 0 Å². The molecule has 0 saturated heterocycles. The Kier molecular flexibility index (Phi) is 3.65. The van der Waals surface area contributed by atoms with Gasteiger partial charge in [-0.1, -0.05) is 0 Å². The molecule has 0 radical (unpaired) electrons. The fraction of sp³-hybridized carbons (Fsp3) is 0.286. The summed E-state index contributed by atoms with van der Waals surface area (Å²) in [7, 11) is 1.24. The van der Waals surface area contributed by atoms with Crippen molar-refractivity contribution in [2.45, 2.75) is 19.5 Å². The maximum atomic E-state index is 12.7. The minimum atomic E-state index is -4.43. The smallest absolute Gasteiger partial charge is 0.416 e. The van der Waals surface area contributed by atoms with Gasteiger partial charge in [0.1, 0.15) is 0 Å². The maximum Gasteiger partial charge on any atom is 0.416 e. The van der Waals surface area contributed by atoms with Crippen LogP contribution in [0.4, 0.5) is 13.2 Å². The SMILES string of the molecule is COC(=O)Cc1cc(C)nc2ccc(C(F)(F)F)cc12. The van der Waals surface area contributed by atoms with Crippen LogP contribution in [0.3, 0.4) is 0 Å². The zero-order valence-corrected chi connectivity index (χ0v) is 10.9. The van der Waals surface area contributed by atoms with E-state index in [1.54, 1.807) is 13.0 Å². The van der Waals surface area contributed by atoms with Crippen LogP contribution in [0.2, 0.25) is 0 Å². The van der Waals surface area contributed by atoms with E-state index >= 15 is 0 Å². The van der Waals surface area contributed by atoms with Gasteiger partial charge in [-0.15, -0.1) is 0 Å². The highest BCUT2D eigenvalue weighted by Crippen LogP contribution is 2.32. The predicted octanol–water partition coefficient (Wildman–Crippen LogP) is 3.28. The number of aromatic nitrogens is 1. The molecule has 0 amide bonds. The van der Waals surface area contributed by atoms with Gasteiger partial charge in [0, 0.05) is 11.1 Å². The Hall–Kier alpha value is -2.11. The number of hydrogen-bond donors (Lipinski definition) is 0. The van der Waals surface area contributed by atoms with Crippen molar-refractivity contribution in [2.24, 2.45) is 0 Å². The number of hydrogen-bond acceptors (Lipinski definition) is 3. The normalized spacial score (nSPS) is 11.7. The second kappa shape index (κ2) is 5.11. The van der Waals surface area contributed by atoms with E-state index < -0.39 is 17.7 Å². The molecule has 1 aromatic carbocycles. The summed E-state index contributed by atoms with van der Waals surface area (Å²) in [6.07, 6.45) is -4.51. The number of ether oxygens (including phenoxy) is 1. The third-order valence-corrected chi connectivity index (χ3v) is 2.91. The van der Waals surface area contributed by atoms with E-state index in [9.17, 15) is 18.0 Å². The molecule has 0 aliphatic heterocycles. The molecule has 2 aromatic rings. The Balaban J connectivity index is 2.62. The lowest BCUT2D eigenvalue weighted by Gasteiger charge is -2.11. The zero-order chi connectivity index (χ0) is 14.9. The number of aryl methyl sites for hydroxylation is 1. The van der Waals surface area contributed by atoms with E-state index in [1.165, 1.54) is 13.2 Å². The molecule has 106 valence electrons. The number of esters is 1. The first-order valence-electron chi connectivity index (χ1n) is 5.85. The Labute approximate surface area is 113 Å². The zero-order valence-electron chi connectivity index (χ0n) is 10.9. The summed E-state index contributed by atoms with van der Waals surface area (Å²) in [6, 6.07) is 4.90. The molecule has 0 spiro atoms. The van der Waals surface area contributed by atoms with Gasteiger partial charge >= 0.3 is 12.1 Å². The molecular formula is C14H12F3NO2. The van der Waals surface area contributed by atoms with Crippen molar-refractivity contribution in [3.63, 3.8) is 0 Å². The number of benzene rings is 1. The van der Waals surface area contributed by atoms with Gasteiger partial charge in [0.05, 0.1) is 24.6 Å². The van der Waals surface area contributed by atoms with Gasteiger partial charge in [-0.3, -0.25) is 9.78 Å². The molecule has 0 aliphatic rings. The van der Waals surface area contributed by atoms with Crippen molar-refractivity contribution in [3.05, 3.63) is 41.1 Å². The van der Waals surface area contributed by atoms with Crippen LogP contribution < -0.4 is 0 Å². The van der Waals surface area contributed by atoms with Crippen molar-refractivity contribution in [1.82, 2.24) is 4.98 Å². The van der Waals surface area contributed by atoms with Crippen molar-refractivity contribution in [3.8, 4) is 0 Å². The highest BCUT2D eigenvalue weighted by atomic mass is 19.4. The van der Waals surface area contributed by atoms with E-state index in [2.05, 4.69) is 9.72 Å². The number of halogens is 3. The second-order valence-electron chi connectivity index (χ2n) is 4.41. The lowest BCUT2D eigenvalue weighted by Crippen LogP contribution is -2.08. The van der Waals surface area contributed by atoms with Crippen LogP contribution in [0.15, 0.2) is 24.3 Å². The van der Waals surface area contributed by atoms with Gasteiger partial charge in [-0.05, 0) is 36.8 Å². The Morgan fingerprint density at radius 2 is 2.00 bits per heavy atom. The number of carbonyl (C=O) groups is 1. The number of fused-ring (bicyclic) bond motifs is 1. The molecule has 0 aliphatic carbocycles. The van der Waals surface area contributed by atoms with Crippen molar-refractivity contribution in [1.29, 1.82) is 0 Å². The topological polar surface area (TPSA) is 39.2 Å². The predicted molar refractivity (Wildman–Crippen MR) is 67.2 cm³/mol. The largest absolute Gasteiger partial charge is 0.469 e. The lowest BCUT2D eigenvalue weighted by molar-refractivity contribution is -0.139. The molecule has 0 atom stereocenters. The first kappa shape index (κ1) is 14.3. The van der Waals surface area contributed by atoms with Gasteiger partial charge in [0.15, 0.2) is 0 Å². The number of nitrogens with zero attached hydrogens (tertiary/aromatic N) is 1. The number of carbonyl (C=O) groups excluding carboxylic acids is 1. The Morgan fingerprint density at radius 1 is 1.30 bits per heavy atom. The second-order valence-corrected chi connectivity index (χ2v) is 4.41. The van der Waals surface area contributed by atoms with E-state index in [0.717, 1.165) is 12.1 Å². The van der Waals surface area contributed by atoms with Crippen molar-refractivity contribution >= 4 is 16.9 Å². The van der Waals surface area contributed by atoms with Crippen LogP contribution in [0.1, 0.15) is 16.8 Å². The van der Waals surface area contributed by atoms with E-state index in [0.29, 0.717) is 22.2 Å². The summed E-state index contributed by atoms with van der Waals surface area (Å²) in [4.78, 5) is 15.5. The first-order chi connectivity index (χ1) is 9.31. The van der Waals surface area contributed by atoms with Gasteiger partial charge in [0.25, 0.3) is 0 Å². The molecule has 0 N–H and O–H groups in total. The summed E-state index contributed by atoms with van der Waals surface area (Å²) in [5.74, 6) is -0.505. The van der Waals surface area contributed by atoms with Crippen molar-refractivity contribution < 1.29 is 22.7 Å². The quantitative estimate of drug-likeness (QED) is 0.794. The van der Waals surface area contributed by atoms with Gasteiger partial charge in [-0.25, -0.2) is 0 Å². The molecule has 3 nitrogen and oxygen atoms in total. The fourth-order valence-corrected chi connectivity index (χ4v) is 1.99. The van der Waals surface area contributed by atoms with Crippen LogP contribution in [-0.4, -0.2) is 18.1 Å². The lowest BCUT2D eigenvalue weighted by atomic mass is 10.0. The number of alkyl halides is 3. The molecule has 0 saturated carbocycles. The molecule has 1 heterocycles. The Bertz CT molecular complexity index is 665. The van der Waals surface area contributed by atoms with Gasteiger partial charge in [-0.2, -0.15) is 13.2 Å². The number of pyridine rings is 1. The van der Waals surface area contributed by atoms with Gasteiger partial charge < -0.3 is 4.74 Å². The third kappa shape index (κ3) is 2.89. The Morgan fingerprint density at radius 3 is 2.60 bits per heavy atom. The van der Waals surface area contributed by atoms with Crippen LogP contribution in [0.5, 0.6) is 0 Å². The van der Waals surface area contributed by atoms with Crippen LogP contribution in [0, 0.1) is 6.92 Å². The first-order valence-corrected chi connectivity index (χ1v) is 5.85. The molecule has 1 aromatic heterocycles. The fourth-order valence-electron chi connectivity index (χ4n) is 1.99. The number of methoxy groups -OCH3 is 1. The van der Waals surface area contributed by atoms with Crippen LogP contribution in [-0.2, 0) is 22.1 Å². The molecule has 6 heteroatoms. The summed E-state index contributed by atoms with van der Waals surface area (Å²) in [5, 5.41) is 0.316. The highest BCUT2D eigenvalue weighted by molar-refractivity contribution is 5.87. The maximum absolute atomic E-state index is 12.7. The molecule has 20 heavy (non-hydrogen) atoms. The molecular weight excluding hydrogens is 271 g/mol.